The SMILES string of the molecule is CCC(=O)C1C(=O)c2cccc(NC(C)=O)c2C1=O. The van der Waals surface area contributed by atoms with E-state index >= 15 is 0 Å². The Kier molecular flexibility index (Phi) is 3.29. The molecule has 0 bridgehead atoms. The highest BCUT2D eigenvalue weighted by molar-refractivity contribution is 6.37. The van der Waals surface area contributed by atoms with Gasteiger partial charge in [0.1, 0.15) is 5.92 Å². The van der Waals surface area contributed by atoms with Crippen molar-refractivity contribution in [2.75, 3.05) is 5.32 Å². The van der Waals surface area contributed by atoms with Crippen molar-refractivity contribution < 1.29 is 19.2 Å². The fourth-order valence-electron chi connectivity index (χ4n) is 2.23. The molecule has 0 heterocycles. The fourth-order valence-corrected chi connectivity index (χ4v) is 2.23. The van der Waals surface area contributed by atoms with E-state index < -0.39 is 17.5 Å². The van der Waals surface area contributed by atoms with Crippen LogP contribution in [0.1, 0.15) is 41.0 Å². The van der Waals surface area contributed by atoms with E-state index in [1.165, 1.54) is 13.0 Å². The summed E-state index contributed by atoms with van der Waals surface area (Å²) < 4.78 is 0. The molecular formula is C14H13NO4. The Bertz CT molecular complexity index is 603. The van der Waals surface area contributed by atoms with Crippen molar-refractivity contribution in [3.63, 3.8) is 0 Å². The van der Waals surface area contributed by atoms with Crippen molar-refractivity contribution in [1.29, 1.82) is 0 Å². The predicted octanol–water partition coefficient (Wildman–Crippen LogP) is 1.62. The lowest BCUT2D eigenvalue weighted by Gasteiger charge is -2.06. The van der Waals surface area contributed by atoms with Gasteiger partial charge in [-0.25, -0.2) is 0 Å². The van der Waals surface area contributed by atoms with E-state index in [4.69, 9.17) is 0 Å². The quantitative estimate of drug-likeness (QED) is 0.836. The Morgan fingerprint density at radius 2 is 1.89 bits per heavy atom. The van der Waals surface area contributed by atoms with E-state index in [9.17, 15) is 19.2 Å². The second-order valence-corrected chi connectivity index (χ2v) is 4.39. The van der Waals surface area contributed by atoms with Crippen molar-refractivity contribution in [3.8, 4) is 0 Å². The Morgan fingerprint density at radius 3 is 2.47 bits per heavy atom. The topological polar surface area (TPSA) is 80.3 Å². The summed E-state index contributed by atoms with van der Waals surface area (Å²) in [5.74, 6) is -2.95. The molecule has 1 unspecified atom stereocenters. The molecular weight excluding hydrogens is 246 g/mol. The summed E-state index contributed by atoms with van der Waals surface area (Å²) in [6.45, 7) is 2.93. The van der Waals surface area contributed by atoms with Gasteiger partial charge in [-0.3, -0.25) is 19.2 Å². The Morgan fingerprint density at radius 1 is 1.21 bits per heavy atom. The molecule has 0 radical (unpaired) electrons. The van der Waals surface area contributed by atoms with Crippen molar-refractivity contribution in [1.82, 2.24) is 0 Å². The Labute approximate surface area is 110 Å². The van der Waals surface area contributed by atoms with E-state index in [0.717, 1.165) is 0 Å². The number of anilines is 1. The molecule has 19 heavy (non-hydrogen) atoms. The van der Waals surface area contributed by atoms with Crippen LogP contribution in [0.3, 0.4) is 0 Å². The van der Waals surface area contributed by atoms with E-state index in [2.05, 4.69) is 5.32 Å². The van der Waals surface area contributed by atoms with Gasteiger partial charge in [-0.1, -0.05) is 19.1 Å². The lowest BCUT2D eigenvalue weighted by atomic mass is 9.97. The number of hydrogen-bond acceptors (Lipinski definition) is 4. The molecule has 5 nitrogen and oxygen atoms in total. The van der Waals surface area contributed by atoms with Crippen molar-refractivity contribution in [2.24, 2.45) is 5.92 Å². The minimum absolute atomic E-state index is 0.131. The second-order valence-electron chi connectivity index (χ2n) is 4.39. The number of hydrogen-bond donors (Lipinski definition) is 1. The molecule has 0 saturated carbocycles. The molecule has 0 aromatic heterocycles. The van der Waals surface area contributed by atoms with Gasteiger partial charge >= 0.3 is 0 Å². The molecule has 0 spiro atoms. The molecule has 1 aromatic carbocycles. The second kappa shape index (κ2) is 4.76. The summed E-state index contributed by atoms with van der Waals surface area (Å²) in [4.78, 5) is 47.1. The fraction of sp³-hybridized carbons (Fsp3) is 0.286. The molecule has 1 aliphatic rings. The van der Waals surface area contributed by atoms with Crippen LogP contribution in [0, 0.1) is 5.92 Å². The molecule has 98 valence electrons. The van der Waals surface area contributed by atoms with Crippen LogP contribution in [-0.4, -0.2) is 23.3 Å². The molecule has 1 amide bonds. The number of ketones is 3. The van der Waals surface area contributed by atoms with E-state index in [-0.39, 0.29) is 34.9 Å². The van der Waals surface area contributed by atoms with E-state index in [1.54, 1.807) is 19.1 Å². The Balaban J connectivity index is 2.53. The molecule has 0 saturated heterocycles. The van der Waals surface area contributed by atoms with Crippen LogP contribution in [0.5, 0.6) is 0 Å². The van der Waals surface area contributed by atoms with Gasteiger partial charge < -0.3 is 5.32 Å². The Hall–Kier alpha value is -2.30. The largest absolute Gasteiger partial charge is 0.326 e. The van der Waals surface area contributed by atoms with Gasteiger partial charge in [-0.05, 0) is 6.07 Å². The minimum Gasteiger partial charge on any atom is -0.326 e. The van der Waals surface area contributed by atoms with Crippen molar-refractivity contribution in [3.05, 3.63) is 29.3 Å². The van der Waals surface area contributed by atoms with Crippen molar-refractivity contribution >= 4 is 28.9 Å². The first kappa shape index (κ1) is 13.1. The van der Waals surface area contributed by atoms with E-state index in [1.807, 2.05) is 0 Å². The molecule has 1 N–H and O–H groups in total. The number of Topliss-reactive ketones (excluding diaryl/α,β-unsaturated/α-hetero) is 3. The number of amides is 1. The van der Waals surface area contributed by atoms with Gasteiger partial charge in [-0.2, -0.15) is 0 Å². The standard InChI is InChI=1S/C14H13NO4/c1-3-10(17)12-13(18)8-5-4-6-9(15-7(2)16)11(8)14(12)19/h4-6,12H,3H2,1-2H3,(H,15,16). The van der Waals surface area contributed by atoms with Crippen LogP contribution in [0.15, 0.2) is 18.2 Å². The highest BCUT2D eigenvalue weighted by atomic mass is 16.2. The summed E-state index contributed by atoms with van der Waals surface area (Å²) in [5.41, 5.74) is 0.646. The van der Waals surface area contributed by atoms with Crippen LogP contribution < -0.4 is 5.32 Å². The van der Waals surface area contributed by atoms with Crippen LogP contribution in [0.2, 0.25) is 0 Å². The zero-order chi connectivity index (χ0) is 14.2. The van der Waals surface area contributed by atoms with Crippen LogP contribution in [0.4, 0.5) is 5.69 Å². The highest BCUT2D eigenvalue weighted by Gasteiger charge is 2.43. The average molecular weight is 259 g/mol. The first-order valence-corrected chi connectivity index (χ1v) is 5.99. The zero-order valence-electron chi connectivity index (χ0n) is 10.6. The molecule has 2 rings (SSSR count). The number of carbonyl (C=O) groups is 4. The predicted molar refractivity (Wildman–Crippen MR) is 68.2 cm³/mol. The third kappa shape index (κ3) is 2.07. The normalized spacial score (nSPS) is 17.3. The molecule has 1 aromatic rings. The number of benzene rings is 1. The summed E-state index contributed by atoms with van der Waals surface area (Å²) in [6.07, 6.45) is 0.131. The maximum atomic E-state index is 12.2. The maximum absolute atomic E-state index is 12.2. The van der Waals surface area contributed by atoms with Gasteiger partial charge in [0.2, 0.25) is 5.91 Å². The lowest BCUT2D eigenvalue weighted by Crippen LogP contribution is -2.25. The number of carbonyl (C=O) groups excluding carboxylic acids is 4. The van der Waals surface area contributed by atoms with Crippen molar-refractivity contribution in [2.45, 2.75) is 20.3 Å². The first-order valence-electron chi connectivity index (χ1n) is 5.99. The number of rotatable bonds is 3. The summed E-state index contributed by atoms with van der Waals surface area (Å²) >= 11 is 0. The van der Waals surface area contributed by atoms with Gasteiger partial charge in [-0.15, -0.1) is 0 Å². The van der Waals surface area contributed by atoms with Gasteiger partial charge in [0.25, 0.3) is 0 Å². The monoisotopic (exact) mass is 259 g/mol. The zero-order valence-corrected chi connectivity index (χ0v) is 10.6. The molecule has 5 heteroatoms. The van der Waals surface area contributed by atoms with Gasteiger partial charge in [0.15, 0.2) is 17.3 Å². The molecule has 1 atom stereocenters. The van der Waals surface area contributed by atoms with Crippen LogP contribution in [-0.2, 0) is 9.59 Å². The van der Waals surface area contributed by atoms with E-state index in [0.29, 0.717) is 0 Å². The first-order chi connectivity index (χ1) is 8.97. The summed E-state index contributed by atoms with van der Waals surface area (Å²) in [7, 11) is 0. The minimum atomic E-state index is -1.24. The number of fused-ring (bicyclic) bond motifs is 1. The highest BCUT2D eigenvalue weighted by Crippen LogP contribution is 2.33. The molecule has 1 aliphatic carbocycles. The molecule has 0 aliphatic heterocycles. The third-order valence-electron chi connectivity index (χ3n) is 3.08. The maximum Gasteiger partial charge on any atom is 0.221 e. The van der Waals surface area contributed by atoms with Crippen LogP contribution >= 0.6 is 0 Å². The average Bonchev–Trinajstić information content (AvgIpc) is 2.61. The van der Waals surface area contributed by atoms with Crippen LogP contribution in [0.25, 0.3) is 0 Å². The summed E-state index contributed by atoms with van der Waals surface area (Å²) in [6, 6.07) is 4.63. The summed E-state index contributed by atoms with van der Waals surface area (Å²) in [5, 5.41) is 2.51. The lowest BCUT2D eigenvalue weighted by molar-refractivity contribution is -0.120. The smallest absolute Gasteiger partial charge is 0.221 e. The van der Waals surface area contributed by atoms with Gasteiger partial charge in [0.05, 0.1) is 11.3 Å². The molecule has 0 fully saturated rings. The third-order valence-corrected chi connectivity index (χ3v) is 3.08. The number of nitrogens with one attached hydrogen (secondary N) is 1. The van der Waals surface area contributed by atoms with Gasteiger partial charge in [0, 0.05) is 18.9 Å².